The van der Waals surface area contributed by atoms with Crippen LogP contribution in [0.2, 0.25) is 0 Å². The van der Waals surface area contributed by atoms with E-state index in [0.717, 1.165) is 12.0 Å². The minimum Gasteiger partial charge on any atom is -0.480 e. The minimum absolute atomic E-state index is 0.296. The van der Waals surface area contributed by atoms with Gasteiger partial charge in [0.15, 0.2) is 0 Å². The maximum Gasteiger partial charge on any atom is 0.327 e. The van der Waals surface area contributed by atoms with Gasteiger partial charge in [-0.3, -0.25) is 0 Å². The van der Waals surface area contributed by atoms with Crippen molar-refractivity contribution in [3.8, 4) is 0 Å². The Kier molecular flexibility index (Phi) is 4.89. The molecule has 1 heterocycles. The van der Waals surface area contributed by atoms with Crippen molar-refractivity contribution in [1.29, 1.82) is 0 Å². The van der Waals surface area contributed by atoms with E-state index in [2.05, 4.69) is 11.4 Å². The van der Waals surface area contributed by atoms with Gasteiger partial charge in [-0.25, -0.2) is 9.59 Å². The summed E-state index contributed by atoms with van der Waals surface area (Å²) in [5, 5.41) is 11.8. The van der Waals surface area contributed by atoms with Gasteiger partial charge in [0.1, 0.15) is 6.04 Å². The van der Waals surface area contributed by atoms with Crippen molar-refractivity contribution in [1.82, 2.24) is 10.2 Å². The van der Waals surface area contributed by atoms with E-state index < -0.39 is 12.0 Å². The number of rotatable bonds is 4. The number of nitrogens with one attached hydrogen (secondary N) is 1. The second kappa shape index (κ2) is 6.65. The second-order valence-electron chi connectivity index (χ2n) is 4.79. The van der Waals surface area contributed by atoms with Gasteiger partial charge < -0.3 is 15.3 Å². The first kappa shape index (κ1) is 14.7. The van der Waals surface area contributed by atoms with Crippen LogP contribution in [0, 0.1) is 6.92 Å². The molecule has 0 aliphatic carbocycles. The maximum absolute atomic E-state index is 12.0. The molecule has 2 rings (SSSR count). The van der Waals surface area contributed by atoms with Crippen molar-refractivity contribution in [2.24, 2.45) is 0 Å². The molecule has 1 aliphatic heterocycles. The molecule has 1 aromatic rings. The van der Waals surface area contributed by atoms with Gasteiger partial charge in [-0.05, 0) is 18.9 Å². The summed E-state index contributed by atoms with van der Waals surface area (Å²) < 4.78 is 0. The van der Waals surface area contributed by atoms with Crippen molar-refractivity contribution in [3.05, 3.63) is 35.4 Å². The molecular formula is C14H18N2O3S. The van der Waals surface area contributed by atoms with Crippen molar-refractivity contribution in [2.75, 3.05) is 18.2 Å². The van der Waals surface area contributed by atoms with E-state index in [0.29, 0.717) is 18.2 Å². The van der Waals surface area contributed by atoms with Crippen molar-refractivity contribution in [3.63, 3.8) is 0 Å². The molecule has 1 fully saturated rings. The van der Waals surface area contributed by atoms with E-state index in [1.807, 2.05) is 25.1 Å². The van der Waals surface area contributed by atoms with Crippen LogP contribution in [0.15, 0.2) is 24.3 Å². The largest absolute Gasteiger partial charge is 0.480 e. The summed E-state index contributed by atoms with van der Waals surface area (Å²) in [5.74, 6) is -0.0442. The Labute approximate surface area is 122 Å². The fourth-order valence-corrected chi connectivity index (χ4v) is 3.28. The Morgan fingerprint density at radius 2 is 2.30 bits per heavy atom. The Morgan fingerprint density at radius 1 is 1.50 bits per heavy atom. The number of aliphatic carboxylic acids is 1. The fourth-order valence-electron chi connectivity index (χ4n) is 2.13. The van der Waals surface area contributed by atoms with Gasteiger partial charge in [-0.15, -0.1) is 11.8 Å². The SMILES string of the molecule is Cc1cccc(CCNC(=O)N2CSCC2C(=O)O)c1. The molecule has 0 spiro atoms. The predicted octanol–water partition coefficient (Wildman–Crippen LogP) is 1.71. The normalized spacial score (nSPS) is 18.1. The summed E-state index contributed by atoms with van der Waals surface area (Å²) in [6.07, 6.45) is 0.742. The van der Waals surface area contributed by atoms with Crippen molar-refractivity contribution in [2.45, 2.75) is 19.4 Å². The van der Waals surface area contributed by atoms with Crippen LogP contribution >= 0.6 is 11.8 Å². The number of hydrogen-bond donors (Lipinski definition) is 2. The van der Waals surface area contributed by atoms with Crippen LogP contribution in [0.5, 0.6) is 0 Å². The molecule has 108 valence electrons. The molecular weight excluding hydrogens is 276 g/mol. The lowest BCUT2D eigenvalue weighted by Crippen LogP contribution is -2.47. The van der Waals surface area contributed by atoms with Crippen LogP contribution in [0.3, 0.4) is 0 Å². The van der Waals surface area contributed by atoms with Crippen LogP contribution < -0.4 is 5.32 Å². The molecule has 0 radical (unpaired) electrons. The zero-order valence-electron chi connectivity index (χ0n) is 11.3. The number of benzene rings is 1. The molecule has 1 aromatic carbocycles. The lowest BCUT2D eigenvalue weighted by molar-refractivity contribution is -0.140. The predicted molar refractivity (Wildman–Crippen MR) is 78.9 cm³/mol. The quantitative estimate of drug-likeness (QED) is 0.887. The average Bonchev–Trinajstić information content (AvgIpc) is 2.88. The molecule has 1 atom stereocenters. The molecule has 2 amide bonds. The van der Waals surface area contributed by atoms with E-state index in [4.69, 9.17) is 5.11 Å². The zero-order valence-corrected chi connectivity index (χ0v) is 12.2. The molecule has 0 bridgehead atoms. The second-order valence-corrected chi connectivity index (χ2v) is 5.79. The standard InChI is InChI=1S/C14H18N2O3S/c1-10-3-2-4-11(7-10)5-6-15-14(19)16-9-20-8-12(16)13(17)18/h2-4,7,12H,5-6,8-9H2,1H3,(H,15,19)(H,17,18). The molecule has 1 aliphatic rings. The first-order chi connectivity index (χ1) is 9.58. The topological polar surface area (TPSA) is 69.6 Å². The summed E-state index contributed by atoms with van der Waals surface area (Å²) in [6.45, 7) is 2.54. The number of carboxylic acid groups (broad SMARTS) is 1. The Balaban J connectivity index is 1.82. The maximum atomic E-state index is 12.0. The molecule has 2 N–H and O–H groups in total. The van der Waals surface area contributed by atoms with Gasteiger partial charge in [-0.1, -0.05) is 29.8 Å². The van der Waals surface area contributed by atoms with Gasteiger partial charge >= 0.3 is 12.0 Å². The smallest absolute Gasteiger partial charge is 0.327 e. The summed E-state index contributed by atoms with van der Waals surface area (Å²) in [7, 11) is 0. The van der Waals surface area contributed by atoms with Gasteiger partial charge in [0.2, 0.25) is 0 Å². The van der Waals surface area contributed by atoms with Crippen LogP contribution in [-0.2, 0) is 11.2 Å². The molecule has 5 nitrogen and oxygen atoms in total. The van der Waals surface area contributed by atoms with Crippen LogP contribution in [0.25, 0.3) is 0 Å². The molecule has 1 saturated heterocycles. The van der Waals surface area contributed by atoms with E-state index in [9.17, 15) is 9.59 Å². The van der Waals surface area contributed by atoms with Crippen LogP contribution in [0.4, 0.5) is 4.79 Å². The zero-order chi connectivity index (χ0) is 14.5. The highest BCUT2D eigenvalue weighted by atomic mass is 32.2. The number of hydrogen-bond acceptors (Lipinski definition) is 3. The van der Waals surface area contributed by atoms with Crippen molar-refractivity contribution >= 4 is 23.8 Å². The number of thioether (sulfide) groups is 1. The van der Waals surface area contributed by atoms with E-state index in [-0.39, 0.29) is 6.03 Å². The fraction of sp³-hybridized carbons (Fsp3) is 0.429. The van der Waals surface area contributed by atoms with Gasteiger partial charge in [-0.2, -0.15) is 0 Å². The molecule has 1 unspecified atom stereocenters. The highest BCUT2D eigenvalue weighted by Crippen LogP contribution is 2.20. The summed E-state index contributed by atoms with van der Waals surface area (Å²) in [5.41, 5.74) is 2.35. The van der Waals surface area contributed by atoms with E-state index in [1.165, 1.54) is 22.2 Å². The highest BCUT2D eigenvalue weighted by Gasteiger charge is 2.34. The lowest BCUT2D eigenvalue weighted by Gasteiger charge is -2.20. The number of carbonyl (C=O) groups excluding carboxylic acids is 1. The third kappa shape index (κ3) is 3.66. The number of urea groups is 1. The van der Waals surface area contributed by atoms with Crippen LogP contribution in [-0.4, -0.2) is 46.2 Å². The Hall–Kier alpha value is -1.69. The first-order valence-electron chi connectivity index (χ1n) is 6.48. The van der Waals surface area contributed by atoms with Gasteiger partial charge in [0.25, 0.3) is 0 Å². The summed E-state index contributed by atoms with van der Waals surface area (Å²) in [6, 6.07) is 7.11. The third-order valence-corrected chi connectivity index (χ3v) is 4.21. The molecule has 0 aromatic heterocycles. The molecule has 20 heavy (non-hydrogen) atoms. The number of carbonyl (C=O) groups is 2. The molecule has 0 saturated carbocycles. The first-order valence-corrected chi connectivity index (χ1v) is 7.64. The average molecular weight is 294 g/mol. The Bertz CT molecular complexity index is 507. The monoisotopic (exact) mass is 294 g/mol. The summed E-state index contributed by atoms with van der Waals surface area (Å²) in [4.78, 5) is 24.3. The number of carboxylic acids is 1. The molecule has 6 heteroatoms. The highest BCUT2D eigenvalue weighted by molar-refractivity contribution is 7.99. The number of aryl methyl sites for hydroxylation is 1. The van der Waals surface area contributed by atoms with Crippen molar-refractivity contribution < 1.29 is 14.7 Å². The van der Waals surface area contributed by atoms with Gasteiger partial charge in [0, 0.05) is 12.3 Å². The van der Waals surface area contributed by atoms with E-state index in [1.54, 1.807) is 0 Å². The number of amides is 2. The van der Waals surface area contributed by atoms with E-state index >= 15 is 0 Å². The summed E-state index contributed by atoms with van der Waals surface area (Å²) >= 11 is 1.46. The van der Waals surface area contributed by atoms with Gasteiger partial charge in [0.05, 0.1) is 5.88 Å². The number of nitrogens with zero attached hydrogens (tertiary/aromatic N) is 1. The minimum atomic E-state index is -0.941. The Morgan fingerprint density at radius 3 is 3.00 bits per heavy atom. The third-order valence-electron chi connectivity index (χ3n) is 3.20. The lowest BCUT2D eigenvalue weighted by atomic mass is 10.1. The van der Waals surface area contributed by atoms with Crippen LogP contribution in [0.1, 0.15) is 11.1 Å².